The van der Waals surface area contributed by atoms with Gasteiger partial charge in [0.15, 0.2) is 11.6 Å². The van der Waals surface area contributed by atoms with E-state index in [4.69, 9.17) is 15.0 Å². The number of para-hydroxylation sites is 2. The molecule has 0 saturated heterocycles. The van der Waals surface area contributed by atoms with Crippen molar-refractivity contribution in [1.29, 1.82) is 0 Å². The zero-order chi connectivity index (χ0) is 37.0. The van der Waals surface area contributed by atoms with Gasteiger partial charge in [-0.3, -0.25) is 4.57 Å². The number of nitrogens with zero attached hydrogens (tertiary/aromatic N) is 5. The second-order valence-electron chi connectivity index (χ2n) is 14.0. The Morgan fingerprint density at radius 3 is 1.30 bits per heavy atom. The van der Waals surface area contributed by atoms with E-state index in [0.717, 1.165) is 66.2 Å². The first-order valence-electron chi connectivity index (χ1n) is 18.9. The van der Waals surface area contributed by atoms with Gasteiger partial charge in [0.05, 0.1) is 27.8 Å². The van der Waals surface area contributed by atoms with Crippen molar-refractivity contribution in [1.82, 2.24) is 24.1 Å². The Labute approximate surface area is 323 Å². The lowest BCUT2D eigenvalue weighted by Gasteiger charge is -2.17. The summed E-state index contributed by atoms with van der Waals surface area (Å²) in [5, 5.41) is 4.59. The van der Waals surface area contributed by atoms with Crippen molar-refractivity contribution in [2.45, 2.75) is 0 Å². The SMILES string of the molecule is c1ccc(-c2ccc(-n3c4ccccc4c4ccc5c6ccccc6n(-c6nc(-c7ccccc7)nc(-c7ccccc7)n6)c5c43)c(-c3ccccc3)c2)cc1. The normalized spacial score (nSPS) is 11.6. The minimum atomic E-state index is 0.566. The fraction of sp³-hybridized carbons (Fsp3) is 0. The van der Waals surface area contributed by atoms with E-state index in [9.17, 15) is 0 Å². The van der Waals surface area contributed by atoms with E-state index in [1.54, 1.807) is 0 Å². The van der Waals surface area contributed by atoms with E-state index in [1.807, 2.05) is 36.4 Å². The molecule has 11 aromatic rings. The number of aromatic nitrogens is 5. The van der Waals surface area contributed by atoms with Crippen LogP contribution in [0.5, 0.6) is 0 Å². The molecule has 3 heterocycles. The highest BCUT2D eigenvalue weighted by Gasteiger charge is 2.24. The van der Waals surface area contributed by atoms with E-state index >= 15 is 0 Å². The van der Waals surface area contributed by atoms with Gasteiger partial charge in [-0.05, 0) is 41.0 Å². The summed E-state index contributed by atoms with van der Waals surface area (Å²) >= 11 is 0. The van der Waals surface area contributed by atoms with Crippen LogP contribution in [0.15, 0.2) is 200 Å². The van der Waals surface area contributed by atoms with Gasteiger partial charge in [0.25, 0.3) is 0 Å². The van der Waals surface area contributed by atoms with E-state index in [0.29, 0.717) is 17.6 Å². The summed E-state index contributed by atoms with van der Waals surface area (Å²) < 4.78 is 4.71. The highest BCUT2D eigenvalue weighted by Crippen LogP contribution is 2.43. The van der Waals surface area contributed by atoms with Gasteiger partial charge in [0, 0.05) is 38.2 Å². The van der Waals surface area contributed by atoms with Crippen molar-refractivity contribution < 1.29 is 0 Å². The van der Waals surface area contributed by atoms with Gasteiger partial charge in [-0.15, -0.1) is 0 Å². The molecular formula is C51H33N5. The first-order chi connectivity index (χ1) is 27.8. The number of rotatable bonds is 6. The molecular weight excluding hydrogens is 683 g/mol. The molecule has 0 radical (unpaired) electrons. The van der Waals surface area contributed by atoms with Crippen LogP contribution in [0, 0.1) is 0 Å². The molecule has 0 atom stereocenters. The second kappa shape index (κ2) is 13.0. The van der Waals surface area contributed by atoms with Crippen molar-refractivity contribution in [3.05, 3.63) is 200 Å². The maximum atomic E-state index is 5.28. The smallest absolute Gasteiger partial charge is 0.238 e. The maximum Gasteiger partial charge on any atom is 0.238 e. The van der Waals surface area contributed by atoms with Gasteiger partial charge >= 0.3 is 0 Å². The summed E-state index contributed by atoms with van der Waals surface area (Å²) in [5.41, 5.74) is 11.9. The average molecular weight is 716 g/mol. The Balaban J connectivity index is 1.29. The first kappa shape index (κ1) is 31.9. The van der Waals surface area contributed by atoms with Crippen molar-refractivity contribution >= 4 is 43.6 Å². The summed E-state index contributed by atoms with van der Waals surface area (Å²) in [6, 6.07) is 70.4. The Morgan fingerprint density at radius 2 is 0.750 bits per heavy atom. The van der Waals surface area contributed by atoms with Crippen LogP contribution in [0.3, 0.4) is 0 Å². The zero-order valence-corrected chi connectivity index (χ0v) is 30.3. The van der Waals surface area contributed by atoms with Crippen LogP contribution >= 0.6 is 0 Å². The lowest BCUT2D eigenvalue weighted by molar-refractivity contribution is 0.953. The molecule has 0 aliphatic carbocycles. The van der Waals surface area contributed by atoms with Gasteiger partial charge in [0.2, 0.25) is 5.95 Å². The highest BCUT2D eigenvalue weighted by molar-refractivity contribution is 6.24. The maximum absolute atomic E-state index is 5.28. The molecule has 5 heteroatoms. The minimum absolute atomic E-state index is 0.566. The molecule has 0 aliphatic heterocycles. The summed E-state index contributed by atoms with van der Waals surface area (Å²) in [6.45, 7) is 0. The topological polar surface area (TPSA) is 48.5 Å². The summed E-state index contributed by atoms with van der Waals surface area (Å²) in [5.74, 6) is 1.81. The van der Waals surface area contributed by atoms with E-state index in [1.165, 1.54) is 16.5 Å². The van der Waals surface area contributed by atoms with Crippen LogP contribution in [-0.2, 0) is 0 Å². The van der Waals surface area contributed by atoms with Crippen LogP contribution in [0.1, 0.15) is 0 Å². The zero-order valence-electron chi connectivity index (χ0n) is 30.3. The van der Waals surface area contributed by atoms with Crippen LogP contribution in [-0.4, -0.2) is 24.1 Å². The molecule has 11 rings (SSSR count). The molecule has 5 nitrogen and oxygen atoms in total. The summed E-state index contributed by atoms with van der Waals surface area (Å²) in [4.78, 5) is 15.6. The molecule has 0 amide bonds. The molecule has 56 heavy (non-hydrogen) atoms. The molecule has 8 aromatic carbocycles. The Kier molecular flexibility index (Phi) is 7.42. The Morgan fingerprint density at radius 1 is 0.304 bits per heavy atom. The predicted octanol–water partition coefficient (Wildman–Crippen LogP) is 12.7. The lowest BCUT2D eigenvalue weighted by atomic mass is 9.97. The number of benzene rings is 8. The van der Waals surface area contributed by atoms with Crippen LogP contribution in [0.2, 0.25) is 0 Å². The van der Waals surface area contributed by atoms with Gasteiger partial charge in [-0.25, -0.2) is 4.98 Å². The standard InChI is InChI=1S/C51H33N5/c1-5-17-34(18-6-1)38-29-32-46(43(33-38)35-19-7-2-8-20-35)55-44-27-15-13-25-39(44)41-30-31-42-40-26-14-16-28-45(40)56(48(42)47(41)55)51-53-49(36-21-9-3-10-22-36)52-50(54-51)37-23-11-4-12-24-37/h1-33H. The van der Waals surface area contributed by atoms with Gasteiger partial charge in [0.1, 0.15) is 0 Å². The molecule has 0 aliphatic rings. The second-order valence-corrected chi connectivity index (χ2v) is 14.0. The molecule has 0 spiro atoms. The summed E-state index contributed by atoms with van der Waals surface area (Å²) in [6.07, 6.45) is 0. The Bertz CT molecular complexity index is 3160. The third kappa shape index (κ3) is 5.13. The Hall–Kier alpha value is -7.63. The van der Waals surface area contributed by atoms with Crippen molar-refractivity contribution in [2.24, 2.45) is 0 Å². The van der Waals surface area contributed by atoms with Gasteiger partial charge in [-0.2, -0.15) is 9.97 Å². The van der Waals surface area contributed by atoms with Crippen molar-refractivity contribution in [3.8, 4) is 56.7 Å². The largest absolute Gasteiger partial charge is 0.307 e. The van der Waals surface area contributed by atoms with Crippen LogP contribution in [0.4, 0.5) is 0 Å². The molecule has 3 aromatic heterocycles. The fourth-order valence-corrected chi connectivity index (χ4v) is 8.25. The van der Waals surface area contributed by atoms with Crippen molar-refractivity contribution in [3.63, 3.8) is 0 Å². The first-order valence-corrected chi connectivity index (χ1v) is 18.9. The van der Waals surface area contributed by atoms with Gasteiger partial charge in [-0.1, -0.05) is 176 Å². The predicted molar refractivity (Wildman–Crippen MR) is 230 cm³/mol. The number of hydrogen-bond acceptors (Lipinski definition) is 3. The van der Waals surface area contributed by atoms with Crippen molar-refractivity contribution in [2.75, 3.05) is 0 Å². The van der Waals surface area contributed by atoms with Gasteiger partial charge < -0.3 is 4.57 Å². The third-order valence-corrected chi connectivity index (χ3v) is 10.8. The molecule has 0 N–H and O–H groups in total. The molecule has 0 fully saturated rings. The average Bonchev–Trinajstić information content (AvgIpc) is 3.80. The summed E-state index contributed by atoms with van der Waals surface area (Å²) in [7, 11) is 0. The quantitative estimate of drug-likeness (QED) is 0.172. The molecule has 0 unspecified atom stereocenters. The third-order valence-electron chi connectivity index (χ3n) is 10.8. The van der Waals surface area contributed by atoms with E-state index < -0.39 is 0 Å². The lowest BCUT2D eigenvalue weighted by Crippen LogP contribution is -2.07. The molecule has 0 saturated carbocycles. The molecule has 0 bridgehead atoms. The highest BCUT2D eigenvalue weighted by atomic mass is 15.2. The molecule has 262 valence electrons. The number of hydrogen-bond donors (Lipinski definition) is 0. The fourth-order valence-electron chi connectivity index (χ4n) is 8.25. The van der Waals surface area contributed by atoms with Crippen LogP contribution in [0.25, 0.3) is 100 Å². The van der Waals surface area contributed by atoms with E-state index in [2.05, 4.69) is 173 Å². The minimum Gasteiger partial charge on any atom is -0.307 e. The van der Waals surface area contributed by atoms with Crippen LogP contribution < -0.4 is 0 Å². The monoisotopic (exact) mass is 715 g/mol. The van der Waals surface area contributed by atoms with E-state index in [-0.39, 0.29) is 0 Å². The number of fused-ring (bicyclic) bond motifs is 7.